The number of carbonyl (C=O) groups excluding carboxylic acids is 2. The quantitative estimate of drug-likeness (QED) is 0.206. The third-order valence-electron chi connectivity index (χ3n) is 9.24. The van der Waals surface area contributed by atoms with Gasteiger partial charge in [-0.15, -0.1) is 11.8 Å². The summed E-state index contributed by atoms with van der Waals surface area (Å²) in [6.07, 6.45) is 11.5. The number of methoxy groups -OCH3 is 1. The average Bonchev–Trinajstić information content (AvgIpc) is 2.80. The van der Waals surface area contributed by atoms with Crippen molar-refractivity contribution in [3.05, 3.63) is 34.3 Å². The van der Waals surface area contributed by atoms with Crippen molar-refractivity contribution in [1.82, 2.24) is 0 Å². The van der Waals surface area contributed by atoms with Gasteiger partial charge in [0.25, 0.3) is 0 Å². The molecule has 1 fully saturated rings. The maximum atomic E-state index is 15.0. The van der Waals surface area contributed by atoms with Crippen LogP contribution in [-0.2, 0) is 14.3 Å². The highest BCUT2D eigenvalue weighted by molar-refractivity contribution is 8.02. The van der Waals surface area contributed by atoms with Crippen molar-refractivity contribution in [2.45, 2.75) is 113 Å². The molecule has 0 aromatic heterocycles. The molecule has 2 aliphatic carbocycles. The number of ether oxygens (including phenoxy) is 1. The van der Waals surface area contributed by atoms with Gasteiger partial charge in [0.2, 0.25) is 0 Å². The Morgan fingerprint density at radius 1 is 1.22 bits per heavy atom. The van der Waals surface area contributed by atoms with Crippen LogP contribution in [0.1, 0.15) is 101 Å². The molecule has 5 heteroatoms. The van der Waals surface area contributed by atoms with Gasteiger partial charge in [-0.1, -0.05) is 50.5 Å². The standard InChI is InChI=1S/C32H52O4S/c1-21(2)13-14-24-20-31(18-15-22(3)4)26(37-11)19-25(33)32(28(31)35,27(34)23(5)6)30(24,9)17-12-16-29(7,8)36-10/h13,15,19,23-25,33H,12,14,16-18,20H2,1-11H3/t24-,25?,30+,31+,32+/m1/s1. The fraction of sp³-hybridized carbons (Fsp3) is 0.750. The van der Waals surface area contributed by atoms with E-state index in [0.717, 1.165) is 29.7 Å². The van der Waals surface area contributed by atoms with Crippen molar-refractivity contribution in [2.24, 2.45) is 28.1 Å². The monoisotopic (exact) mass is 532 g/mol. The van der Waals surface area contributed by atoms with Crippen LogP contribution in [0.4, 0.5) is 0 Å². The van der Waals surface area contributed by atoms with E-state index in [2.05, 4.69) is 60.6 Å². The van der Waals surface area contributed by atoms with Gasteiger partial charge in [0.05, 0.1) is 17.1 Å². The highest BCUT2D eigenvalue weighted by Gasteiger charge is 2.73. The number of Topliss-reactive ketones (excluding diaryl/α,β-unsaturated/α-hetero) is 2. The van der Waals surface area contributed by atoms with E-state index in [1.807, 2.05) is 26.2 Å². The SMILES string of the molecule is COC(C)(C)CCC[C@@]1(C)[C@H](CC=C(C)C)C[C@]2(CC=C(C)C)C(=O)[C@@]1(C(=O)C(C)C)C(O)C=C2SC. The third kappa shape index (κ3) is 5.75. The summed E-state index contributed by atoms with van der Waals surface area (Å²) in [6, 6.07) is 0. The Morgan fingerprint density at radius 2 is 1.81 bits per heavy atom. The van der Waals surface area contributed by atoms with Crippen LogP contribution in [0.25, 0.3) is 0 Å². The lowest BCUT2D eigenvalue weighted by molar-refractivity contribution is -0.187. The first-order chi connectivity index (χ1) is 17.1. The number of hydrogen-bond donors (Lipinski definition) is 1. The lowest BCUT2D eigenvalue weighted by atomic mass is 9.38. The van der Waals surface area contributed by atoms with E-state index in [4.69, 9.17) is 4.74 Å². The molecule has 0 radical (unpaired) electrons. The molecule has 0 heterocycles. The second-order valence-electron chi connectivity index (χ2n) is 13.1. The van der Waals surface area contributed by atoms with Crippen LogP contribution in [-0.4, -0.2) is 41.7 Å². The van der Waals surface area contributed by atoms with Gasteiger partial charge in [-0.05, 0) is 102 Å². The molecule has 0 aromatic rings. The molecule has 5 atom stereocenters. The van der Waals surface area contributed by atoms with Crippen LogP contribution in [0.15, 0.2) is 34.3 Å². The summed E-state index contributed by atoms with van der Waals surface area (Å²) in [5.41, 5.74) is -0.837. The van der Waals surface area contributed by atoms with Crippen LogP contribution in [0, 0.1) is 28.1 Å². The second kappa shape index (κ2) is 11.9. The Hall–Kier alpha value is -1.17. The molecule has 0 aliphatic heterocycles. The van der Waals surface area contributed by atoms with Crippen molar-refractivity contribution in [1.29, 1.82) is 0 Å². The number of ketones is 2. The first-order valence-electron chi connectivity index (χ1n) is 13.9. The molecule has 1 saturated carbocycles. The summed E-state index contributed by atoms with van der Waals surface area (Å²) in [6.45, 7) is 18.3. The van der Waals surface area contributed by atoms with E-state index in [1.165, 1.54) is 5.57 Å². The number of rotatable bonds is 12. The van der Waals surface area contributed by atoms with E-state index in [1.54, 1.807) is 18.9 Å². The van der Waals surface area contributed by atoms with Gasteiger partial charge in [0.15, 0.2) is 11.6 Å². The topological polar surface area (TPSA) is 63.6 Å². The number of aliphatic hydroxyl groups excluding tert-OH is 1. The molecule has 37 heavy (non-hydrogen) atoms. The molecule has 4 nitrogen and oxygen atoms in total. The molecule has 2 aliphatic rings. The Kier molecular flexibility index (Phi) is 10.3. The maximum absolute atomic E-state index is 15.0. The molecule has 1 unspecified atom stereocenters. The van der Waals surface area contributed by atoms with Crippen molar-refractivity contribution in [2.75, 3.05) is 13.4 Å². The van der Waals surface area contributed by atoms with Crippen LogP contribution >= 0.6 is 11.8 Å². The van der Waals surface area contributed by atoms with Crippen molar-refractivity contribution < 1.29 is 19.4 Å². The number of allylic oxidation sites excluding steroid dienone is 5. The van der Waals surface area contributed by atoms with E-state index in [9.17, 15) is 9.90 Å². The molecule has 0 saturated heterocycles. The lowest BCUT2D eigenvalue weighted by Crippen LogP contribution is -2.71. The highest BCUT2D eigenvalue weighted by atomic mass is 32.2. The van der Waals surface area contributed by atoms with Gasteiger partial charge in [-0.25, -0.2) is 0 Å². The molecule has 0 amide bonds. The Morgan fingerprint density at radius 3 is 2.30 bits per heavy atom. The lowest BCUT2D eigenvalue weighted by Gasteiger charge is -2.63. The van der Waals surface area contributed by atoms with E-state index >= 15 is 4.79 Å². The number of hydrogen-bond acceptors (Lipinski definition) is 5. The Balaban J connectivity index is 2.87. The van der Waals surface area contributed by atoms with E-state index in [0.29, 0.717) is 19.3 Å². The van der Waals surface area contributed by atoms with Gasteiger partial charge < -0.3 is 9.84 Å². The van der Waals surface area contributed by atoms with Crippen LogP contribution < -0.4 is 0 Å². The predicted octanol–water partition coefficient (Wildman–Crippen LogP) is 7.71. The van der Waals surface area contributed by atoms with E-state index < -0.39 is 22.3 Å². The zero-order chi connectivity index (χ0) is 28.4. The maximum Gasteiger partial charge on any atom is 0.161 e. The molecule has 2 rings (SSSR count). The number of thioether (sulfide) groups is 1. The van der Waals surface area contributed by atoms with Crippen LogP contribution in [0.3, 0.4) is 0 Å². The zero-order valence-electron chi connectivity index (χ0n) is 25.3. The Labute approximate surface area is 230 Å². The minimum absolute atomic E-state index is 0.0579. The highest BCUT2D eigenvalue weighted by Crippen LogP contribution is 2.68. The van der Waals surface area contributed by atoms with Gasteiger partial charge in [-0.3, -0.25) is 9.59 Å². The summed E-state index contributed by atoms with van der Waals surface area (Å²) in [5.74, 6) is -0.457. The normalized spacial score (nSPS) is 31.7. The first-order valence-corrected chi connectivity index (χ1v) is 15.1. The molecule has 2 bridgehead atoms. The molecular formula is C32H52O4S. The molecule has 210 valence electrons. The minimum atomic E-state index is -1.47. The van der Waals surface area contributed by atoms with Crippen LogP contribution in [0.5, 0.6) is 0 Å². The first kappa shape index (κ1) is 32.0. The van der Waals surface area contributed by atoms with Gasteiger partial charge >= 0.3 is 0 Å². The van der Waals surface area contributed by atoms with Crippen LogP contribution in [0.2, 0.25) is 0 Å². The molecule has 0 aromatic carbocycles. The van der Waals surface area contributed by atoms with Gasteiger partial charge in [-0.2, -0.15) is 0 Å². The average molecular weight is 533 g/mol. The second-order valence-corrected chi connectivity index (χ2v) is 13.9. The Bertz CT molecular complexity index is 950. The van der Waals surface area contributed by atoms with Crippen molar-refractivity contribution >= 4 is 23.3 Å². The smallest absolute Gasteiger partial charge is 0.161 e. The molecular weight excluding hydrogens is 480 g/mol. The van der Waals surface area contributed by atoms with Gasteiger partial charge in [0.1, 0.15) is 5.41 Å². The summed E-state index contributed by atoms with van der Waals surface area (Å²) in [4.78, 5) is 30.3. The minimum Gasteiger partial charge on any atom is -0.387 e. The fourth-order valence-corrected chi connectivity index (χ4v) is 7.74. The van der Waals surface area contributed by atoms with Crippen molar-refractivity contribution in [3.63, 3.8) is 0 Å². The van der Waals surface area contributed by atoms with Gasteiger partial charge in [0, 0.05) is 13.0 Å². The van der Waals surface area contributed by atoms with E-state index in [-0.39, 0.29) is 29.0 Å². The zero-order valence-corrected chi connectivity index (χ0v) is 26.1. The molecule has 0 spiro atoms. The summed E-state index contributed by atoms with van der Waals surface area (Å²) in [7, 11) is 1.73. The molecule has 1 N–H and O–H groups in total. The summed E-state index contributed by atoms with van der Waals surface area (Å²) < 4.78 is 5.69. The van der Waals surface area contributed by atoms with Crippen molar-refractivity contribution in [3.8, 4) is 0 Å². The summed E-state index contributed by atoms with van der Waals surface area (Å²) >= 11 is 1.55. The largest absolute Gasteiger partial charge is 0.387 e. The number of fused-ring (bicyclic) bond motifs is 2. The third-order valence-corrected chi connectivity index (χ3v) is 10.2. The fourth-order valence-electron chi connectivity index (χ4n) is 6.83. The number of aliphatic hydroxyl groups is 1. The predicted molar refractivity (Wildman–Crippen MR) is 157 cm³/mol. The number of carbonyl (C=O) groups is 2. The summed E-state index contributed by atoms with van der Waals surface area (Å²) in [5, 5.41) is 11.9.